The molecule has 2 rings (SSSR count). The number of benzene rings is 1. The third kappa shape index (κ3) is 2.84. The molecule has 1 aromatic heterocycles. The summed E-state index contributed by atoms with van der Waals surface area (Å²) in [6.07, 6.45) is 4.82. The monoisotopic (exact) mass is 244 g/mol. The largest absolute Gasteiger partial charge is 0.493 e. The van der Waals surface area contributed by atoms with E-state index in [4.69, 9.17) is 4.74 Å². The average Bonchev–Trinajstić information content (AvgIpc) is 2.45. The highest BCUT2D eigenvalue weighted by atomic mass is 16.5. The molecule has 4 nitrogen and oxygen atoms in total. The van der Waals surface area contributed by atoms with Gasteiger partial charge >= 0.3 is 0 Å². The molecule has 1 N–H and O–H groups in total. The summed E-state index contributed by atoms with van der Waals surface area (Å²) in [4.78, 5) is 7.82. The van der Waals surface area contributed by atoms with Crippen molar-refractivity contribution >= 4 is 0 Å². The van der Waals surface area contributed by atoms with Crippen molar-refractivity contribution in [3.8, 4) is 5.75 Å². The highest BCUT2D eigenvalue weighted by molar-refractivity contribution is 5.39. The Bertz CT molecular complexity index is 488. The van der Waals surface area contributed by atoms with Crippen LogP contribution in [-0.2, 0) is 0 Å². The SMILES string of the molecule is CCCOc1ccccc1C(O)c1cncnc1. The lowest BCUT2D eigenvalue weighted by Crippen LogP contribution is -2.05. The van der Waals surface area contributed by atoms with E-state index in [0.717, 1.165) is 12.0 Å². The van der Waals surface area contributed by atoms with E-state index in [1.807, 2.05) is 31.2 Å². The van der Waals surface area contributed by atoms with Crippen LogP contribution in [-0.4, -0.2) is 21.7 Å². The number of aromatic nitrogens is 2. The Hall–Kier alpha value is -1.94. The second kappa shape index (κ2) is 6.12. The Kier molecular flexibility index (Phi) is 4.25. The van der Waals surface area contributed by atoms with Crippen LogP contribution < -0.4 is 4.74 Å². The van der Waals surface area contributed by atoms with Gasteiger partial charge in [-0.05, 0) is 12.5 Å². The molecule has 0 amide bonds. The molecule has 0 aliphatic rings. The van der Waals surface area contributed by atoms with Crippen LogP contribution in [0.15, 0.2) is 43.0 Å². The minimum absolute atomic E-state index is 0.634. The lowest BCUT2D eigenvalue weighted by Gasteiger charge is -2.15. The molecule has 0 bridgehead atoms. The van der Waals surface area contributed by atoms with Gasteiger partial charge in [0.25, 0.3) is 0 Å². The lowest BCUT2D eigenvalue weighted by atomic mass is 10.0. The highest BCUT2D eigenvalue weighted by Crippen LogP contribution is 2.29. The molecular weight excluding hydrogens is 228 g/mol. The van der Waals surface area contributed by atoms with E-state index in [0.29, 0.717) is 17.9 Å². The van der Waals surface area contributed by atoms with Gasteiger partial charge in [-0.15, -0.1) is 0 Å². The zero-order valence-corrected chi connectivity index (χ0v) is 10.3. The molecule has 0 radical (unpaired) electrons. The molecule has 1 atom stereocenters. The van der Waals surface area contributed by atoms with Crippen molar-refractivity contribution in [2.75, 3.05) is 6.61 Å². The fraction of sp³-hybridized carbons (Fsp3) is 0.286. The number of para-hydroxylation sites is 1. The van der Waals surface area contributed by atoms with E-state index in [9.17, 15) is 5.11 Å². The van der Waals surface area contributed by atoms with E-state index < -0.39 is 6.10 Å². The second-order valence-electron chi connectivity index (χ2n) is 3.96. The molecule has 0 spiro atoms. The van der Waals surface area contributed by atoms with Crippen LogP contribution in [0, 0.1) is 0 Å². The molecule has 1 heterocycles. The van der Waals surface area contributed by atoms with E-state index >= 15 is 0 Å². The summed E-state index contributed by atoms with van der Waals surface area (Å²) < 4.78 is 5.63. The molecule has 0 saturated heterocycles. The van der Waals surface area contributed by atoms with Crippen LogP contribution in [0.2, 0.25) is 0 Å². The Labute approximate surface area is 106 Å². The topological polar surface area (TPSA) is 55.2 Å². The standard InChI is InChI=1S/C14H16N2O2/c1-2-7-18-13-6-4-3-5-12(13)14(17)11-8-15-10-16-9-11/h3-6,8-10,14,17H,2,7H2,1H3. The smallest absolute Gasteiger partial charge is 0.125 e. The van der Waals surface area contributed by atoms with Crippen molar-refractivity contribution in [2.24, 2.45) is 0 Å². The number of hydrogen-bond donors (Lipinski definition) is 1. The lowest BCUT2D eigenvalue weighted by molar-refractivity contribution is 0.210. The predicted octanol–water partition coefficient (Wildman–Crippen LogP) is 2.35. The Morgan fingerprint density at radius 3 is 2.67 bits per heavy atom. The van der Waals surface area contributed by atoms with Crippen molar-refractivity contribution in [3.63, 3.8) is 0 Å². The molecule has 0 aliphatic heterocycles. The van der Waals surface area contributed by atoms with E-state index in [-0.39, 0.29) is 0 Å². The van der Waals surface area contributed by atoms with E-state index in [1.165, 1.54) is 6.33 Å². The number of aliphatic hydroxyl groups is 1. The van der Waals surface area contributed by atoms with E-state index in [2.05, 4.69) is 9.97 Å². The molecule has 0 saturated carbocycles. The van der Waals surface area contributed by atoms with Crippen LogP contribution >= 0.6 is 0 Å². The van der Waals surface area contributed by atoms with Crippen molar-refractivity contribution in [1.29, 1.82) is 0 Å². The molecule has 94 valence electrons. The second-order valence-corrected chi connectivity index (χ2v) is 3.96. The molecular formula is C14H16N2O2. The summed E-state index contributed by atoms with van der Waals surface area (Å²) >= 11 is 0. The number of rotatable bonds is 5. The maximum Gasteiger partial charge on any atom is 0.125 e. The molecule has 0 aliphatic carbocycles. The zero-order chi connectivity index (χ0) is 12.8. The van der Waals surface area contributed by atoms with Gasteiger partial charge in [0.05, 0.1) is 6.61 Å². The third-order valence-corrected chi connectivity index (χ3v) is 2.57. The summed E-state index contributed by atoms with van der Waals surface area (Å²) in [7, 11) is 0. The first-order valence-corrected chi connectivity index (χ1v) is 5.97. The van der Waals surface area contributed by atoms with Crippen molar-refractivity contribution in [3.05, 3.63) is 54.1 Å². The van der Waals surface area contributed by atoms with Crippen LogP contribution in [0.25, 0.3) is 0 Å². The van der Waals surface area contributed by atoms with Gasteiger partial charge in [0.1, 0.15) is 18.2 Å². The number of hydrogen-bond acceptors (Lipinski definition) is 4. The maximum absolute atomic E-state index is 10.3. The van der Waals surface area contributed by atoms with Crippen molar-refractivity contribution in [2.45, 2.75) is 19.4 Å². The van der Waals surface area contributed by atoms with Gasteiger partial charge < -0.3 is 9.84 Å². The minimum Gasteiger partial charge on any atom is -0.493 e. The average molecular weight is 244 g/mol. The van der Waals surface area contributed by atoms with Crippen LogP contribution in [0.4, 0.5) is 0 Å². The first-order valence-electron chi connectivity index (χ1n) is 5.97. The molecule has 18 heavy (non-hydrogen) atoms. The molecule has 4 heteroatoms. The summed E-state index contributed by atoms with van der Waals surface area (Å²) in [6, 6.07) is 7.48. The van der Waals surface area contributed by atoms with Crippen LogP contribution in [0.3, 0.4) is 0 Å². The molecule has 0 fully saturated rings. The fourth-order valence-corrected chi connectivity index (χ4v) is 1.68. The molecule has 2 aromatic rings. The molecule has 1 unspecified atom stereocenters. The van der Waals surface area contributed by atoms with Gasteiger partial charge in [0.15, 0.2) is 0 Å². The van der Waals surface area contributed by atoms with Gasteiger partial charge in [0, 0.05) is 23.5 Å². The summed E-state index contributed by atoms with van der Waals surface area (Å²) in [5, 5.41) is 10.3. The predicted molar refractivity (Wildman–Crippen MR) is 68.3 cm³/mol. The number of aliphatic hydroxyl groups excluding tert-OH is 1. The normalized spacial score (nSPS) is 12.1. The number of nitrogens with zero attached hydrogens (tertiary/aromatic N) is 2. The Balaban J connectivity index is 2.27. The minimum atomic E-state index is -0.765. The van der Waals surface area contributed by atoms with Gasteiger partial charge in [-0.3, -0.25) is 0 Å². The fourth-order valence-electron chi connectivity index (χ4n) is 1.68. The number of ether oxygens (including phenoxy) is 1. The summed E-state index contributed by atoms with van der Waals surface area (Å²) in [6.45, 7) is 2.68. The Morgan fingerprint density at radius 2 is 1.94 bits per heavy atom. The molecule has 1 aromatic carbocycles. The van der Waals surface area contributed by atoms with Gasteiger partial charge in [-0.2, -0.15) is 0 Å². The van der Waals surface area contributed by atoms with Crippen molar-refractivity contribution in [1.82, 2.24) is 9.97 Å². The van der Waals surface area contributed by atoms with Crippen molar-refractivity contribution < 1.29 is 9.84 Å². The summed E-state index contributed by atoms with van der Waals surface area (Å²) in [5.74, 6) is 0.704. The summed E-state index contributed by atoms with van der Waals surface area (Å²) in [5.41, 5.74) is 1.39. The van der Waals surface area contributed by atoms with Crippen LogP contribution in [0.5, 0.6) is 5.75 Å². The zero-order valence-electron chi connectivity index (χ0n) is 10.3. The van der Waals surface area contributed by atoms with Gasteiger partial charge in [-0.1, -0.05) is 25.1 Å². The quantitative estimate of drug-likeness (QED) is 0.877. The first-order chi connectivity index (χ1) is 8.83. The first kappa shape index (κ1) is 12.5. The van der Waals surface area contributed by atoms with Gasteiger partial charge in [0.2, 0.25) is 0 Å². The Morgan fingerprint density at radius 1 is 1.22 bits per heavy atom. The van der Waals surface area contributed by atoms with Crippen LogP contribution in [0.1, 0.15) is 30.6 Å². The van der Waals surface area contributed by atoms with E-state index in [1.54, 1.807) is 12.4 Å². The highest BCUT2D eigenvalue weighted by Gasteiger charge is 2.15. The third-order valence-electron chi connectivity index (χ3n) is 2.57. The maximum atomic E-state index is 10.3. The van der Waals surface area contributed by atoms with Gasteiger partial charge in [-0.25, -0.2) is 9.97 Å².